The van der Waals surface area contributed by atoms with Crippen LogP contribution in [0.25, 0.3) is 6.08 Å². The first-order valence-corrected chi connectivity index (χ1v) is 7.93. The number of primary amides is 1. The van der Waals surface area contributed by atoms with Crippen LogP contribution in [0.5, 0.6) is 0 Å². The van der Waals surface area contributed by atoms with Gasteiger partial charge in [-0.1, -0.05) is 64.5 Å². The van der Waals surface area contributed by atoms with Crippen molar-refractivity contribution in [3.8, 4) is 0 Å². The minimum atomic E-state index is -0.749. The molecule has 0 aromatic heterocycles. The Morgan fingerprint density at radius 3 is 2.52 bits per heavy atom. The number of benzene rings is 2. The smallest absolute Gasteiger partial charge is 0.251 e. The molecule has 0 heterocycles. The third-order valence-corrected chi connectivity index (χ3v) is 3.71. The second kappa shape index (κ2) is 8.29. The summed E-state index contributed by atoms with van der Waals surface area (Å²) in [4.78, 5) is 23.7. The van der Waals surface area contributed by atoms with Crippen LogP contribution < -0.4 is 11.1 Å². The van der Waals surface area contributed by atoms with Gasteiger partial charge in [0.1, 0.15) is 6.04 Å². The molecule has 2 amide bonds. The van der Waals surface area contributed by atoms with Crippen molar-refractivity contribution in [2.45, 2.75) is 12.5 Å². The van der Waals surface area contributed by atoms with E-state index in [2.05, 4.69) is 21.2 Å². The fourth-order valence-corrected chi connectivity index (χ4v) is 2.42. The number of nitrogens with one attached hydrogen (secondary N) is 1. The van der Waals surface area contributed by atoms with Crippen LogP contribution in [-0.4, -0.2) is 17.9 Å². The van der Waals surface area contributed by atoms with Crippen molar-refractivity contribution in [2.75, 3.05) is 0 Å². The van der Waals surface area contributed by atoms with E-state index in [1.165, 1.54) is 0 Å². The quantitative estimate of drug-likeness (QED) is 0.817. The highest BCUT2D eigenvalue weighted by Gasteiger charge is 2.17. The van der Waals surface area contributed by atoms with Crippen LogP contribution in [0, 0.1) is 0 Å². The summed E-state index contributed by atoms with van der Waals surface area (Å²) in [7, 11) is 0. The normalized spacial score (nSPS) is 12.0. The zero-order chi connectivity index (χ0) is 16.7. The summed E-state index contributed by atoms with van der Waals surface area (Å²) in [6, 6.07) is 15.9. The molecule has 4 nitrogen and oxygen atoms in total. The van der Waals surface area contributed by atoms with E-state index >= 15 is 0 Å². The number of hydrogen-bond acceptors (Lipinski definition) is 2. The van der Waals surface area contributed by atoms with E-state index in [9.17, 15) is 9.59 Å². The first kappa shape index (κ1) is 17.0. The van der Waals surface area contributed by atoms with Gasteiger partial charge in [-0.3, -0.25) is 9.59 Å². The van der Waals surface area contributed by atoms with Crippen molar-refractivity contribution in [3.05, 3.63) is 76.3 Å². The predicted molar refractivity (Wildman–Crippen MR) is 94.7 cm³/mol. The molecule has 2 aromatic carbocycles. The Labute approximate surface area is 143 Å². The molecule has 0 aliphatic heterocycles. The van der Waals surface area contributed by atoms with Gasteiger partial charge in [0.25, 0.3) is 5.91 Å². The molecule has 0 aliphatic rings. The number of rotatable bonds is 6. The Hall–Kier alpha value is -2.40. The molecular formula is C18H17BrN2O2. The number of amides is 2. The molecule has 118 valence electrons. The highest BCUT2D eigenvalue weighted by atomic mass is 79.9. The third-order valence-electron chi connectivity index (χ3n) is 3.22. The second-order valence-corrected chi connectivity index (χ2v) is 5.90. The Morgan fingerprint density at radius 1 is 1.13 bits per heavy atom. The van der Waals surface area contributed by atoms with E-state index in [1.807, 2.05) is 48.6 Å². The highest BCUT2D eigenvalue weighted by molar-refractivity contribution is 9.10. The lowest BCUT2D eigenvalue weighted by Gasteiger charge is -2.13. The first-order valence-electron chi connectivity index (χ1n) is 7.13. The van der Waals surface area contributed by atoms with Crippen LogP contribution in [0.15, 0.2) is 65.1 Å². The molecule has 0 saturated heterocycles. The number of carbonyl (C=O) groups excluding carboxylic acids is 2. The fraction of sp³-hybridized carbons (Fsp3) is 0.111. The first-order chi connectivity index (χ1) is 11.1. The molecule has 23 heavy (non-hydrogen) atoms. The van der Waals surface area contributed by atoms with Gasteiger partial charge in [0.15, 0.2) is 0 Å². The van der Waals surface area contributed by atoms with Crippen LogP contribution in [0.1, 0.15) is 22.3 Å². The summed E-state index contributed by atoms with van der Waals surface area (Å²) >= 11 is 3.31. The Morgan fingerprint density at radius 2 is 1.87 bits per heavy atom. The summed E-state index contributed by atoms with van der Waals surface area (Å²) in [5.74, 6) is -0.894. The van der Waals surface area contributed by atoms with E-state index in [-0.39, 0.29) is 5.91 Å². The maximum Gasteiger partial charge on any atom is 0.251 e. The topological polar surface area (TPSA) is 72.2 Å². The predicted octanol–water partition coefficient (Wildman–Crippen LogP) is 3.14. The molecule has 3 N–H and O–H groups in total. The molecule has 0 radical (unpaired) electrons. The summed E-state index contributed by atoms with van der Waals surface area (Å²) in [6.45, 7) is 0. The molecule has 0 bridgehead atoms. The third kappa shape index (κ3) is 5.38. The van der Waals surface area contributed by atoms with E-state index < -0.39 is 11.9 Å². The van der Waals surface area contributed by atoms with Gasteiger partial charge in [-0.2, -0.15) is 0 Å². The van der Waals surface area contributed by atoms with Crippen molar-refractivity contribution >= 4 is 33.8 Å². The molecule has 1 atom stereocenters. The van der Waals surface area contributed by atoms with Gasteiger partial charge >= 0.3 is 0 Å². The molecule has 5 heteroatoms. The largest absolute Gasteiger partial charge is 0.368 e. The second-order valence-electron chi connectivity index (χ2n) is 4.99. The molecule has 0 aliphatic carbocycles. The van der Waals surface area contributed by atoms with Gasteiger partial charge in [-0.25, -0.2) is 0 Å². The average Bonchev–Trinajstić information content (AvgIpc) is 2.54. The van der Waals surface area contributed by atoms with Gasteiger partial charge in [0.2, 0.25) is 5.91 Å². The van der Waals surface area contributed by atoms with Crippen LogP contribution in [0.4, 0.5) is 0 Å². The van der Waals surface area contributed by atoms with E-state index in [1.54, 1.807) is 18.2 Å². The molecule has 2 rings (SSSR count). The van der Waals surface area contributed by atoms with Crippen LogP contribution in [-0.2, 0) is 4.79 Å². The van der Waals surface area contributed by atoms with Crippen LogP contribution >= 0.6 is 15.9 Å². The molecule has 0 saturated carbocycles. The van der Waals surface area contributed by atoms with Gasteiger partial charge in [-0.05, 0) is 30.2 Å². The van der Waals surface area contributed by atoms with Crippen LogP contribution in [0.3, 0.4) is 0 Å². The van der Waals surface area contributed by atoms with Gasteiger partial charge in [-0.15, -0.1) is 0 Å². The van der Waals surface area contributed by atoms with Crippen LogP contribution in [0.2, 0.25) is 0 Å². The van der Waals surface area contributed by atoms with E-state index in [0.29, 0.717) is 12.0 Å². The summed E-state index contributed by atoms with van der Waals surface area (Å²) in [5, 5.41) is 2.66. The SMILES string of the molecule is NC(=O)[C@@H](C/C=C/c1ccccc1)NC(=O)c1cccc(Br)c1. The monoisotopic (exact) mass is 372 g/mol. The van der Waals surface area contributed by atoms with Crippen molar-refractivity contribution in [1.29, 1.82) is 0 Å². The van der Waals surface area contributed by atoms with Crippen molar-refractivity contribution in [3.63, 3.8) is 0 Å². The zero-order valence-electron chi connectivity index (χ0n) is 12.4. The lowest BCUT2D eigenvalue weighted by atomic mass is 10.1. The number of halogens is 1. The minimum absolute atomic E-state index is 0.330. The molecular weight excluding hydrogens is 356 g/mol. The number of hydrogen-bond donors (Lipinski definition) is 2. The average molecular weight is 373 g/mol. The summed E-state index contributed by atoms with van der Waals surface area (Å²) in [5.41, 5.74) is 6.87. The Balaban J connectivity index is 2.00. The standard InChI is InChI=1S/C18H17BrN2O2/c19-15-10-5-9-14(12-15)18(23)21-16(17(20)22)11-4-8-13-6-2-1-3-7-13/h1-10,12,16H,11H2,(H2,20,22)(H,21,23)/b8-4+/t16-/m1/s1. The van der Waals surface area contributed by atoms with Crippen molar-refractivity contribution in [2.24, 2.45) is 5.73 Å². The van der Waals surface area contributed by atoms with Crippen molar-refractivity contribution in [1.82, 2.24) is 5.32 Å². The van der Waals surface area contributed by atoms with Gasteiger partial charge < -0.3 is 11.1 Å². The van der Waals surface area contributed by atoms with Gasteiger partial charge in [0.05, 0.1) is 0 Å². The minimum Gasteiger partial charge on any atom is -0.368 e. The number of nitrogens with two attached hydrogens (primary N) is 1. The summed E-state index contributed by atoms with van der Waals surface area (Å²) < 4.78 is 0.796. The summed E-state index contributed by atoms with van der Waals surface area (Å²) in [6.07, 6.45) is 4.05. The highest BCUT2D eigenvalue weighted by Crippen LogP contribution is 2.12. The maximum atomic E-state index is 12.2. The van der Waals surface area contributed by atoms with E-state index in [0.717, 1.165) is 10.0 Å². The van der Waals surface area contributed by atoms with E-state index in [4.69, 9.17) is 5.73 Å². The molecule has 0 fully saturated rings. The molecule has 2 aromatic rings. The Kier molecular flexibility index (Phi) is 6.11. The fourth-order valence-electron chi connectivity index (χ4n) is 2.02. The Bertz CT molecular complexity index is 714. The zero-order valence-corrected chi connectivity index (χ0v) is 14.0. The maximum absolute atomic E-state index is 12.2. The van der Waals surface area contributed by atoms with Gasteiger partial charge in [0, 0.05) is 10.0 Å². The molecule has 0 unspecified atom stereocenters. The molecule has 0 spiro atoms. The van der Waals surface area contributed by atoms with Crippen molar-refractivity contribution < 1.29 is 9.59 Å². The lowest BCUT2D eigenvalue weighted by molar-refractivity contribution is -0.119. The lowest BCUT2D eigenvalue weighted by Crippen LogP contribution is -2.44. The number of carbonyl (C=O) groups is 2.